The standard InChI is InChI=1S/C20H21NO5S/c1-3-26-19(23)16-14-10-9-13(12-7-5-4-6-8-12)11-15(14)27-18(16)21-17(22)20(24)25-2/h4-8,13H,3,9-11H2,1-2H3,(H,21,22). The molecule has 0 aliphatic heterocycles. The first-order valence-electron chi connectivity index (χ1n) is 8.81. The number of carbonyl (C=O) groups is 3. The van der Waals surface area contributed by atoms with E-state index in [1.54, 1.807) is 6.92 Å². The number of hydrogen-bond donors (Lipinski definition) is 1. The van der Waals surface area contributed by atoms with Gasteiger partial charge in [-0.15, -0.1) is 11.3 Å². The summed E-state index contributed by atoms with van der Waals surface area (Å²) in [5.74, 6) is -2.02. The molecule has 1 aromatic heterocycles. The molecule has 1 heterocycles. The fourth-order valence-corrected chi connectivity index (χ4v) is 4.66. The van der Waals surface area contributed by atoms with Crippen molar-refractivity contribution in [1.29, 1.82) is 0 Å². The highest BCUT2D eigenvalue weighted by Gasteiger charge is 2.31. The number of benzene rings is 1. The van der Waals surface area contributed by atoms with Gasteiger partial charge in [0.25, 0.3) is 0 Å². The Kier molecular flexibility index (Phi) is 5.91. The maximum Gasteiger partial charge on any atom is 0.396 e. The number of hydrogen-bond acceptors (Lipinski definition) is 6. The van der Waals surface area contributed by atoms with E-state index in [1.807, 2.05) is 18.2 Å². The molecule has 7 heteroatoms. The summed E-state index contributed by atoms with van der Waals surface area (Å²) < 4.78 is 9.62. The molecule has 0 spiro atoms. The van der Waals surface area contributed by atoms with E-state index in [-0.39, 0.29) is 6.61 Å². The number of fused-ring (bicyclic) bond motifs is 1. The highest BCUT2D eigenvalue weighted by atomic mass is 32.1. The minimum Gasteiger partial charge on any atom is -0.462 e. The average molecular weight is 387 g/mol. The van der Waals surface area contributed by atoms with Gasteiger partial charge in [-0.1, -0.05) is 30.3 Å². The van der Waals surface area contributed by atoms with E-state index in [9.17, 15) is 14.4 Å². The predicted molar refractivity (Wildman–Crippen MR) is 102 cm³/mol. The molecule has 1 N–H and O–H groups in total. The molecule has 2 aromatic rings. The maximum absolute atomic E-state index is 12.5. The number of nitrogens with one attached hydrogen (secondary N) is 1. The van der Waals surface area contributed by atoms with Gasteiger partial charge in [-0.25, -0.2) is 9.59 Å². The van der Waals surface area contributed by atoms with Crippen LogP contribution in [0.4, 0.5) is 5.00 Å². The third kappa shape index (κ3) is 4.03. The van der Waals surface area contributed by atoms with E-state index in [0.717, 1.165) is 30.4 Å². The SMILES string of the molecule is CCOC(=O)c1c(NC(=O)C(=O)OC)sc2c1CCC(c1ccccc1)C2. The van der Waals surface area contributed by atoms with Crippen LogP contribution in [0, 0.1) is 0 Å². The molecule has 1 aliphatic rings. The minimum atomic E-state index is -1.00. The van der Waals surface area contributed by atoms with Crippen molar-refractivity contribution < 1.29 is 23.9 Å². The predicted octanol–water partition coefficient (Wildman–Crippen LogP) is 3.31. The van der Waals surface area contributed by atoms with Gasteiger partial charge in [0.05, 0.1) is 19.3 Å². The lowest BCUT2D eigenvalue weighted by molar-refractivity contribution is -0.150. The van der Waals surface area contributed by atoms with Gasteiger partial charge in [-0.05, 0) is 43.2 Å². The quantitative estimate of drug-likeness (QED) is 0.643. The van der Waals surface area contributed by atoms with Gasteiger partial charge >= 0.3 is 17.8 Å². The molecule has 0 fully saturated rings. The van der Waals surface area contributed by atoms with Gasteiger partial charge in [-0.2, -0.15) is 0 Å². The first-order chi connectivity index (χ1) is 13.0. The summed E-state index contributed by atoms with van der Waals surface area (Å²) >= 11 is 1.33. The van der Waals surface area contributed by atoms with E-state index < -0.39 is 17.8 Å². The van der Waals surface area contributed by atoms with Crippen LogP contribution in [0.15, 0.2) is 30.3 Å². The van der Waals surface area contributed by atoms with Gasteiger partial charge in [0, 0.05) is 4.88 Å². The summed E-state index contributed by atoms with van der Waals surface area (Å²) in [5, 5.41) is 2.87. The van der Waals surface area contributed by atoms with Gasteiger partial charge < -0.3 is 14.8 Å². The Balaban J connectivity index is 1.93. The van der Waals surface area contributed by atoms with E-state index in [1.165, 1.54) is 16.9 Å². The smallest absolute Gasteiger partial charge is 0.396 e. The monoisotopic (exact) mass is 387 g/mol. The number of carbonyl (C=O) groups excluding carboxylic acids is 3. The fraction of sp³-hybridized carbons (Fsp3) is 0.350. The number of methoxy groups -OCH3 is 1. The molecule has 0 saturated carbocycles. The summed E-state index contributed by atoms with van der Waals surface area (Å²) in [7, 11) is 1.14. The Hall–Kier alpha value is -2.67. The highest BCUT2D eigenvalue weighted by molar-refractivity contribution is 7.17. The summed E-state index contributed by atoms with van der Waals surface area (Å²) in [4.78, 5) is 36.9. The molecule has 1 aromatic carbocycles. The van der Waals surface area contributed by atoms with Crippen molar-refractivity contribution in [3.8, 4) is 0 Å². The van der Waals surface area contributed by atoms with Crippen molar-refractivity contribution >= 4 is 34.2 Å². The van der Waals surface area contributed by atoms with Crippen LogP contribution in [0.2, 0.25) is 0 Å². The van der Waals surface area contributed by atoms with Crippen LogP contribution in [0.3, 0.4) is 0 Å². The average Bonchev–Trinajstić information content (AvgIpc) is 3.05. The largest absolute Gasteiger partial charge is 0.462 e. The lowest BCUT2D eigenvalue weighted by atomic mass is 9.83. The van der Waals surface area contributed by atoms with Gasteiger partial charge in [0.1, 0.15) is 5.00 Å². The minimum absolute atomic E-state index is 0.237. The lowest BCUT2D eigenvalue weighted by Gasteiger charge is -2.23. The Morgan fingerprint density at radius 3 is 2.63 bits per heavy atom. The van der Waals surface area contributed by atoms with E-state index in [0.29, 0.717) is 22.9 Å². The van der Waals surface area contributed by atoms with Crippen LogP contribution in [-0.2, 0) is 31.9 Å². The first-order valence-corrected chi connectivity index (χ1v) is 9.62. The Bertz CT molecular complexity index is 859. The Labute approximate surface area is 161 Å². The summed E-state index contributed by atoms with van der Waals surface area (Å²) in [6, 6.07) is 10.2. The van der Waals surface area contributed by atoms with Crippen molar-refractivity contribution in [3.63, 3.8) is 0 Å². The molecule has 27 heavy (non-hydrogen) atoms. The molecule has 1 atom stereocenters. The topological polar surface area (TPSA) is 81.7 Å². The van der Waals surface area contributed by atoms with Crippen molar-refractivity contribution in [2.45, 2.75) is 32.1 Å². The number of anilines is 1. The molecule has 6 nitrogen and oxygen atoms in total. The molecule has 1 aliphatic carbocycles. The van der Waals surface area contributed by atoms with Crippen LogP contribution in [0.1, 0.15) is 45.6 Å². The van der Waals surface area contributed by atoms with Crippen LogP contribution in [0.25, 0.3) is 0 Å². The van der Waals surface area contributed by atoms with Crippen molar-refractivity contribution in [2.24, 2.45) is 0 Å². The van der Waals surface area contributed by atoms with Crippen molar-refractivity contribution in [1.82, 2.24) is 0 Å². The number of rotatable bonds is 4. The molecule has 142 valence electrons. The fourth-order valence-electron chi connectivity index (χ4n) is 3.35. The van der Waals surface area contributed by atoms with Crippen molar-refractivity contribution in [2.75, 3.05) is 19.0 Å². The Morgan fingerprint density at radius 1 is 1.22 bits per heavy atom. The molecule has 0 saturated heterocycles. The summed E-state index contributed by atoms with van der Waals surface area (Å²) in [6.07, 6.45) is 2.41. The summed E-state index contributed by atoms with van der Waals surface area (Å²) in [5.41, 5.74) is 2.53. The number of ether oxygens (including phenoxy) is 2. The van der Waals surface area contributed by atoms with Crippen LogP contribution in [0.5, 0.6) is 0 Å². The van der Waals surface area contributed by atoms with Gasteiger partial charge in [0.15, 0.2) is 0 Å². The zero-order chi connectivity index (χ0) is 19.4. The Morgan fingerprint density at radius 2 is 1.96 bits per heavy atom. The second kappa shape index (κ2) is 8.35. The first kappa shape index (κ1) is 19.1. The number of esters is 2. The lowest BCUT2D eigenvalue weighted by Crippen LogP contribution is -2.24. The maximum atomic E-state index is 12.5. The van der Waals surface area contributed by atoms with E-state index in [4.69, 9.17) is 4.74 Å². The van der Waals surface area contributed by atoms with Gasteiger partial charge in [-0.3, -0.25) is 4.79 Å². The zero-order valence-electron chi connectivity index (χ0n) is 15.2. The third-order valence-electron chi connectivity index (χ3n) is 4.61. The second-order valence-corrected chi connectivity index (χ2v) is 7.33. The summed E-state index contributed by atoms with van der Waals surface area (Å²) in [6.45, 7) is 1.97. The number of thiophene rings is 1. The van der Waals surface area contributed by atoms with Crippen molar-refractivity contribution in [3.05, 3.63) is 51.9 Å². The molecule has 1 unspecified atom stereocenters. The second-order valence-electron chi connectivity index (χ2n) is 6.22. The van der Waals surface area contributed by atoms with Gasteiger partial charge in [0.2, 0.25) is 0 Å². The molecule has 1 amide bonds. The van der Waals surface area contributed by atoms with E-state index in [2.05, 4.69) is 22.2 Å². The molecular weight excluding hydrogens is 366 g/mol. The van der Waals surface area contributed by atoms with Crippen LogP contribution < -0.4 is 5.32 Å². The molecule has 0 radical (unpaired) electrons. The third-order valence-corrected chi connectivity index (χ3v) is 5.78. The normalized spacial score (nSPS) is 15.6. The zero-order valence-corrected chi connectivity index (χ0v) is 16.1. The van der Waals surface area contributed by atoms with Crippen LogP contribution in [-0.4, -0.2) is 31.6 Å². The molecular formula is C20H21NO5S. The highest BCUT2D eigenvalue weighted by Crippen LogP contribution is 2.42. The van der Waals surface area contributed by atoms with Crippen LogP contribution >= 0.6 is 11.3 Å². The van der Waals surface area contributed by atoms with E-state index >= 15 is 0 Å². The number of amides is 1. The molecule has 3 rings (SSSR count). The molecule has 0 bridgehead atoms.